The third-order valence-electron chi connectivity index (χ3n) is 3.96. The van der Waals surface area contributed by atoms with Crippen LogP contribution in [0.4, 0.5) is 0 Å². The monoisotopic (exact) mass is 258 g/mol. The van der Waals surface area contributed by atoms with E-state index >= 15 is 0 Å². The Morgan fingerprint density at radius 2 is 2.00 bits per heavy atom. The zero-order chi connectivity index (χ0) is 13.9. The molecule has 1 aromatic carbocycles. The molecule has 1 aromatic rings. The van der Waals surface area contributed by atoms with Crippen LogP contribution in [0, 0.1) is 5.41 Å². The van der Waals surface area contributed by atoms with Gasteiger partial charge in [0.1, 0.15) is 0 Å². The molecule has 1 amide bonds. The minimum Gasteiger partial charge on any atom is -0.369 e. The van der Waals surface area contributed by atoms with Crippen LogP contribution in [-0.4, -0.2) is 23.9 Å². The molecule has 19 heavy (non-hydrogen) atoms. The quantitative estimate of drug-likeness (QED) is 0.843. The van der Waals surface area contributed by atoms with Crippen molar-refractivity contribution in [2.75, 3.05) is 13.1 Å². The van der Waals surface area contributed by atoms with E-state index in [4.69, 9.17) is 5.73 Å². The molecular weight excluding hydrogens is 236 g/mol. The number of carbonyl (C=O) groups excluding carboxylic acids is 1. The Hall–Kier alpha value is -1.61. The van der Waals surface area contributed by atoms with Gasteiger partial charge in [-0.05, 0) is 25.8 Å². The number of amides is 1. The van der Waals surface area contributed by atoms with Crippen LogP contribution in [0.25, 0.3) is 0 Å². The fourth-order valence-electron chi connectivity index (χ4n) is 2.42. The molecule has 0 spiro atoms. The third kappa shape index (κ3) is 3.24. The van der Waals surface area contributed by atoms with Crippen molar-refractivity contribution in [1.29, 1.82) is 0 Å². The van der Waals surface area contributed by atoms with E-state index in [0.717, 1.165) is 26.1 Å². The maximum atomic E-state index is 11.5. The Bertz CT molecular complexity index is 477. The van der Waals surface area contributed by atoms with E-state index in [0.29, 0.717) is 0 Å². The van der Waals surface area contributed by atoms with Gasteiger partial charge in [-0.1, -0.05) is 42.0 Å². The van der Waals surface area contributed by atoms with Crippen LogP contribution in [0.2, 0.25) is 0 Å². The van der Waals surface area contributed by atoms with Gasteiger partial charge in [-0.2, -0.15) is 0 Å². The molecular formula is C16H22N2O. The number of benzene rings is 1. The van der Waals surface area contributed by atoms with Gasteiger partial charge in [-0.25, -0.2) is 0 Å². The Labute approximate surface area is 115 Å². The van der Waals surface area contributed by atoms with Crippen LogP contribution < -0.4 is 5.73 Å². The van der Waals surface area contributed by atoms with Gasteiger partial charge in [-0.15, -0.1) is 0 Å². The van der Waals surface area contributed by atoms with Gasteiger partial charge in [0.2, 0.25) is 5.91 Å². The van der Waals surface area contributed by atoms with Crippen LogP contribution in [0.3, 0.4) is 0 Å². The van der Waals surface area contributed by atoms with Crippen LogP contribution in [0.5, 0.6) is 0 Å². The smallest absolute Gasteiger partial charge is 0.227 e. The molecule has 2 N–H and O–H groups in total. The summed E-state index contributed by atoms with van der Waals surface area (Å²) in [6.07, 6.45) is 3.08. The van der Waals surface area contributed by atoms with Crippen molar-refractivity contribution in [3.05, 3.63) is 47.5 Å². The fourth-order valence-corrected chi connectivity index (χ4v) is 2.42. The first-order chi connectivity index (χ1) is 9.00. The van der Waals surface area contributed by atoms with E-state index in [1.54, 1.807) is 0 Å². The van der Waals surface area contributed by atoms with Crippen molar-refractivity contribution in [2.24, 2.45) is 11.1 Å². The van der Waals surface area contributed by atoms with Gasteiger partial charge >= 0.3 is 0 Å². The molecule has 0 bridgehead atoms. The van der Waals surface area contributed by atoms with Gasteiger partial charge in [-0.3, -0.25) is 9.69 Å². The normalized spacial score (nSPS) is 17.1. The van der Waals surface area contributed by atoms with Crippen molar-refractivity contribution in [3.8, 4) is 0 Å². The Morgan fingerprint density at radius 3 is 2.53 bits per heavy atom. The summed E-state index contributed by atoms with van der Waals surface area (Å²) in [4.78, 5) is 13.8. The molecule has 0 saturated heterocycles. The van der Waals surface area contributed by atoms with E-state index in [-0.39, 0.29) is 5.91 Å². The van der Waals surface area contributed by atoms with Gasteiger partial charge in [0.25, 0.3) is 0 Å². The molecule has 0 fully saturated rings. The van der Waals surface area contributed by atoms with Gasteiger partial charge in [0, 0.05) is 19.6 Å². The second-order valence-electron chi connectivity index (χ2n) is 5.69. The Morgan fingerprint density at radius 1 is 1.32 bits per heavy atom. The average molecular weight is 258 g/mol. The summed E-state index contributed by atoms with van der Waals surface area (Å²) in [7, 11) is 0. The summed E-state index contributed by atoms with van der Waals surface area (Å²) >= 11 is 0. The number of carbonyl (C=O) groups is 1. The lowest BCUT2D eigenvalue weighted by molar-refractivity contribution is -0.124. The zero-order valence-corrected chi connectivity index (χ0v) is 11.7. The number of primary amides is 1. The van der Waals surface area contributed by atoms with E-state index in [1.807, 2.05) is 19.9 Å². The highest BCUT2D eigenvalue weighted by molar-refractivity contribution is 5.83. The van der Waals surface area contributed by atoms with Crippen LogP contribution in [0.1, 0.15) is 25.8 Å². The maximum absolute atomic E-state index is 11.5. The summed E-state index contributed by atoms with van der Waals surface area (Å²) in [5.41, 5.74) is 7.45. The topological polar surface area (TPSA) is 46.3 Å². The Kier molecular flexibility index (Phi) is 4.05. The molecule has 3 nitrogen and oxygen atoms in total. The number of nitrogens with zero attached hydrogens (tertiary/aromatic N) is 1. The molecule has 1 heterocycles. The lowest BCUT2D eigenvalue weighted by Crippen LogP contribution is -2.38. The van der Waals surface area contributed by atoms with Crippen molar-refractivity contribution in [2.45, 2.75) is 26.8 Å². The molecule has 0 radical (unpaired) electrons. The van der Waals surface area contributed by atoms with Crippen LogP contribution in [0.15, 0.2) is 42.0 Å². The molecule has 1 aliphatic rings. The largest absolute Gasteiger partial charge is 0.369 e. The Balaban J connectivity index is 1.98. The molecule has 0 aliphatic carbocycles. The molecule has 0 unspecified atom stereocenters. The molecule has 0 saturated carbocycles. The molecule has 3 heteroatoms. The minimum absolute atomic E-state index is 0.241. The van der Waals surface area contributed by atoms with Crippen molar-refractivity contribution < 1.29 is 4.79 Å². The second kappa shape index (κ2) is 5.57. The van der Waals surface area contributed by atoms with Crippen LogP contribution in [-0.2, 0) is 11.3 Å². The highest BCUT2D eigenvalue weighted by Gasteiger charge is 2.31. The van der Waals surface area contributed by atoms with Gasteiger partial charge < -0.3 is 5.73 Å². The summed E-state index contributed by atoms with van der Waals surface area (Å²) in [5.74, 6) is -0.241. The maximum Gasteiger partial charge on any atom is 0.227 e. The van der Waals surface area contributed by atoms with Gasteiger partial charge in [0.05, 0.1) is 5.41 Å². The fraction of sp³-hybridized carbons (Fsp3) is 0.438. The molecule has 102 valence electrons. The highest BCUT2D eigenvalue weighted by Crippen LogP contribution is 2.30. The van der Waals surface area contributed by atoms with Crippen molar-refractivity contribution >= 4 is 5.91 Å². The number of hydrogen-bond acceptors (Lipinski definition) is 2. The second-order valence-corrected chi connectivity index (χ2v) is 5.69. The summed E-state index contributed by atoms with van der Waals surface area (Å²) in [6.45, 7) is 6.65. The lowest BCUT2D eigenvalue weighted by Gasteiger charge is -2.32. The number of nitrogens with two attached hydrogens (primary N) is 1. The minimum atomic E-state index is -0.515. The van der Waals surface area contributed by atoms with E-state index in [9.17, 15) is 4.79 Å². The predicted molar refractivity (Wildman–Crippen MR) is 77.4 cm³/mol. The zero-order valence-electron chi connectivity index (χ0n) is 11.7. The molecule has 0 atom stereocenters. The lowest BCUT2D eigenvalue weighted by atomic mass is 9.80. The molecule has 1 aliphatic heterocycles. The molecule has 2 rings (SSSR count). The highest BCUT2D eigenvalue weighted by atomic mass is 16.1. The van der Waals surface area contributed by atoms with Gasteiger partial charge in [0.15, 0.2) is 0 Å². The number of hydrogen-bond donors (Lipinski definition) is 1. The standard InChI is InChI=1S/C16H22N2O/c1-16(2,15(17)19)14-8-10-18(11-9-14)12-13-6-4-3-5-7-13/h3-8H,9-12H2,1-2H3,(H2,17,19). The summed E-state index contributed by atoms with van der Waals surface area (Å²) in [5, 5.41) is 0. The number of rotatable bonds is 4. The average Bonchev–Trinajstić information content (AvgIpc) is 2.40. The van der Waals surface area contributed by atoms with E-state index < -0.39 is 5.41 Å². The first-order valence-corrected chi connectivity index (χ1v) is 6.76. The SMILES string of the molecule is CC(C)(C(N)=O)C1=CCN(Cc2ccccc2)CC1. The first kappa shape index (κ1) is 13.8. The summed E-state index contributed by atoms with van der Waals surface area (Å²) < 4.78 is 0. The third-order valence-corrected chi connectivity index (χ3v) is 3.96. The summed E-state index contributed by atoms with van der Waals surface area (Å²) in [6, 6.07) is 10.5. The van der Waals surface area contributed by atoms with E-state index in [1.165, 1.54) is 11.1 Å². The molecule has 0 aromatic heterocycles. The predicted octanol–water partition coefficient (Wildman–Crippen LogP) is 2.33. The van der Waals surface area contributed by atoms with E-state index in [2.05, 4.69) is 35.2 Å². The van der Waals surface area contributed by atoms with Crippen LogP contribution >= 0.6 is 0 Å². The van der Waals surface area contributed by atoms with Crippen molar-refractivity contribution in [3.63, 3.8) is 0 Å². The first-order valence-electron chi connectivity index (χ1n) is 6.76. The van der Waals surface area contributed by atoms with Crippen molar-refractivity contribution in [1.82, 2.24) is 4.90 Å².